The molecule has 0 atom stereocenters. The van der Waals surface area contributed by atoms with E-state index in [1.165, 1.54) is 5.56 Å². The van der Waals surface area contributed by atoms with E-state index in [0.717, 1.165) is 24.8 Å². The number of amides is 1. The molecule has 26 heavy (non-hydrogen) atoms. The van der Waals surface area contributed by atoms with E-state index in [0.29, 0.717) is 18.3 Å². The topological polar surface area (TPSA) is 64.6 Å². The molecule has 5 heteroatoms. The number of rotatable bonds is 9. The van der Waals surface area contributed by atoms with Crippen LogP contribution in [0.15, 0.2) is 54.6 Å². The summed E-state index contributed by atoms with van der Waals surface area (Å²) in [7, 11) is 0. The molecule has 0 heterocycles. The molecule has 136 valence electrons. The molecule has 0 aliphatic heterocycles. The van der Waals surface area contributed by atoms with Gasteiger partial charge in [0.15, 0.2) is 6.61 Å². The first kappa shape index (κ1) is 18.0. The van der Waals surface area contributed by atoms with Crippen molar-refractivity contribution in [1.29, 1.82) is 0 Å². The highest BCUT2D eigenvalue weighted by molar-refractivity contribution is 5.82. The first-order valence-corrected chi connectivity index (χ1v) is 8.87. The predicted molar refractivity (Wildman–Crippen MR) is 97.9 cm³/mol. The molecule has 0 aromatic heterocycles. The fourth-order valence-corrected chi connectivity index (χ4v) is 2.52. The van der Waals surface area contributed by atoms with Crippen LogP contribution in [-0.2, 0) is 20.7 Å². The van der Waals surface area contributed by atoms with Crippen molar-refractivity contribution in [1.82, 2.24) is 5.32 Å². The number of carbonyl (C=O) groups is 2. The average Bonchev–Trinajstić information content (AvgIpc) is 3.49. The third kappa shape index (κ3) is 5.92. The summed E-state index contributed by atoms with van der Waals surface area (Å²) in [6.07, 6.45) is 2.97. The lowest BCUT2D eigenvalue weighted by atomic mass is 10.0. The average molecular weight is 353 g/mol. The Labute approximate surface area is 153 Å². The number of hydrogen-bond acceptors (Lipinski definition) is 4. The molecule has 1 aliphatic rings. The zero-order chi connectivity index (χ0) is 18.2. The SMILES string of the molecule is O=C(COc1ccccc1Cc1ccccc1)NCC(=O)OCC1CC1. The van der Waals surface area contributed by atoms with Gasteiger partial charge in [-0.1, -0.05) is 48.5 Å². The number of carbonyl (C=O) groups excluding carboxylic acids is 2. The highest BCUT2D eigenvalue weighted by Gasteiger charge is 2.23. The van der Waals surface area contributed by atoms with E-state index in [9.17, 15) is 9.59 Å². The number of hydrogen-bond donors (Lipinski definition) is 1. The number of nitrogens with one attached hydrogen (secondary N) is 1. The van der Waals surface area contributed by atoms with Crippen molar-refractivity contribution in [3.05, 3.63) is 65.7 Å². The summed E-state index contributed by atoms with van der Waals surface area (Å²) >= 11 is 0. The van der Waals surface area contributed by atoms with E-state index in [2.05, 4.69) is 17.4 Å². The van der Waals surface area contributed by atoms with Gasteiger partial charge in [-0.05, 0) is 36.0 Å². The molecule has 1 saturated carbocycles. The summed E-state index contributed by atoms with van der Waals surface area (Å²) in [4.78, 5) is 23.4. The van der Waals surface area contributed by atoms with Crippen molar-refractivity contribution in [2.75, 3.05) is 19.8 Å². The Bertz CT molecular complexity index is 741. The third-order valence-electron chi connectivity index (χ3n) is 4.18. The van der Waals surface area contributed by atoms with Crippen molar-refractivity contribution < 1.29 is 19.1 Å². The fraction of sp³-hybridized carbons (Fsp3) is 0.333. The monoisotopic (exact) mass is 353 g/mol. The first-order valence-electron chi connectivity index (χ1n) is 8.87. The molecule has 0 unspecified atom stereocenters. The van der Waals surface area contributed by atoms with Gasteiger partial charge in [-0.2, -0.15) is 0 Å². The third-order valence-corrected chi connectivity index (χ3v) is 4.18. The Kier molecular flexibility index (Phi) is 6.25. The molecule has 0 spiro atoms. The molecule has 0 bridgehead atoms. The van der Waals surface area contributed by atoms with Gasteiger partial charge in [-0.15, -0.1) is 0 Å². The van der Waals surface area contributed by atoms with E-state index in [1.807, 2.05) is 42.5 Å². The first-order chi connectivity index (χ1) is 12.7. The van der Waals surface area contributed by atoms with Crippen LogP contribution in [0.4, 0.5) is 0 Å². The Hall–Kier alpha value is -2.82. The van der Waals surface area contributed by atoms with Gasteiger partial charge in [-0.3, -0.25) is 9.59 Å². The summed E-state index contributed by atoms with van der Waals surface area (Å²) in [6.45, 7) is 0.195. The summed E-state index contributed by atoms with van der Waals surface area (Å²) in [5.74, 6) is 0.430. The minimum Gasteiger partial charge on any atom is -0.483 e. The molecule has 1 fully saturated rings. The summed E-state index contributed by atoms with van der Waals surface area (Å²) < 4.78 is 10.7. The maximum atomic E-state index is 11.9. The second-order valence-electron chi connectivity index (χ2n) is 6.46. The normalized spacial score (nSPS) is 13.1. The van der Waals surface area contributed by atoms with Gasteiger partial charge in [0.2, 0.25) is 0 Å². The molecular formula is C21H23NO4. The molecule has 1 aliphatic carbocycles. The standard InChI is InChI=1S/C21H23NO4/c23-20(22-13-21(24)26-14-17-10-11-17)15-25-19-9-5-4-8-18(19)12-16-6-2-1-3-7-16/h1-9,17H,10-15H2,(H,22,23). The Balaban J connectivity index is 1.44. The van der Waals surface area contributed by atoms with Crippen molar-refractivity contribution in [3.63, 3.8) is 0 Å². The highest BCUT2D eigenvalue weighted by atomic mass is 16.5. The lowest BCUT2D eigenvalue weighted by Crippen LogP contribution is -2.34. The van der Waals surface area contributed by atoms with Gasteiger partial charge >= 0.3 is 5.97 Å². The summed E-state index contributed by atoms with van der Waals surface area (Å²) in [5, 5.41) is 2.53. The van der Waals surface area contributed by atoms with Crippen LogP contribution in [0.25, 0.3) is 0 Å². The van der Waals surface area contributed by atoms with Gasteiger partial charge in [-0.25, -0.2) is 0 Å². The van der Waals surface area contributed by atoms with Crippen molar-refractivity contribution in [3.8, 4) is 5.75 Å². The van der Waals surface area contributed by atoms with E-state index in [-0.39, 0.29) is 19.1 Å². The number of ether oxygens (including phenoxy) is 2. The van der Waals surface area contributed by atoms with E-state index >= 15 is 0 Å². The van der Waals surface area contributed by atoms with Crippen molar-refractivity contribution in [2.24, 2.45) is 5.92 Å². The summed E-state index contributed by atoms with van der Waals surface area (Å²) in [6, 6.07) is 17.7. The molecule has 0 radical (unpaired) electrons. The summed E-state index contributed by atoms with van der Waals surface area (Å²) in [5.41, 5.74) is 2.18. The molecule has 0 saturated heterocycles. The molecule has 5 nitrogen and oxygen atoms in total. The van der Waals surface area contributed by atoms with Crippen LogP contribution in [0.5, 0.6) is 5.75 Å². The lowest BCUT2D eigenvalue weighted by Gasteiger charge is -2.12. The molecule has 1 N–H and O–H groups in total. The molecule has 1 amide bonds. The maximum Gasteiger partial charge on any atom is 0.325 e. The maximum absolute atomic E-state index is 11.9. The van der Waals surface area contributed by atoms with Crippen molar-refractivity contribution in [2.45, 2.75) is 19.3 Å². The smallest absolute Gasteiger partial charge is 0.325 e. The van der Waals surface area contributed by atoms with Crippen LogP contribution in [0.1, 0.15) is 24.0 Å². The zero-order valence-electron chi connectivity index (χ0n) is 14.6. The lowest BCUT2D eigenvalue weighted by molar-refractivity contribution is -0.144. The van der Waals surface area contributed by atoms with Gasteiger partial charge in [0.1, 0.15) is 12.3 Å². The van der Waals surface area contributed by atoms with Gasteiger partial charge in [0, 0.05) is 6.42 Å². The molecular weight excluding hydrogens is 330 g/mol. The molecule has 3 rings (SSSR count). The minimum absolute atomic E-state index is 0.124. The largest absolute Gasteiger partial charge is 0.483 e. The van der Waals surface area contributed by atoms with E-state index < -0.39 is 5.97 Å². The zero-order valence-corrected chi connectivity index (χ0v) is 14.6. The number of para-hydroxylation sites is 1. The van der Waals surface area contributed by atoms with Crippen LogP contribution >= 0.6 is 0 Å². The predicted octanol–water partition coefficient (Wildman–Crippen LogP) is 2.73. The van der Waals surface area contributed by atoms with Crippen LogP contribution in [0.2, 0.25) is 0 Å². The molecule has 2 aromatic carbocycles. The second kappa shape index (κ2) is 9.04. The van der Waals surface area contributed by atoms with Gasteiger partial charge in [0.25, 0.3) is 5.91 Å². The second-order valence-corrected chi connectivity index (χ2v) is 6.46. The quantitative estimate of drug-likeness (QED) is 0.704. The number of esters is 1. The van der Waals surface area contributed by atoms with Crippen LogP contribution < -0.4 is 10.1 Å². The van der Waals surface area contributed by atoms with Crippen LogP contribution in [0.3, 0.4) is 0 Å². The highest BCUT2D eigenvalue weighted by Crippen LogP contribution is 2.28. The minimum atomic E-state index is -0.408. The number of benzene rings is 2. The Morgan fingerprint density at radius 1 is 1.00 bits per heavy atom. The van der Waals surface area contributed by atoms with Crippen molar-refractivity contribution >= 4 is 11.9 Å². The van der Waals surface area contributed by atoms with Crippen LogP contribution in [-0.4, -0.2) is 31.6 Å². The fourth-order valence-electron chi connectivity index (χ4n) is 2.52. The van der Waals surface area contributed by atoms with E-state index in [4.69, 9.17) is 9.47 Å². The van der Waals surface area contributed by atoms with Gasteiger partial charge in [0.05, 0.1) is 6.61 Å². The van der Waals surface area contributed by atoms with E-state index in [1.54, 1.807) is 0 Å². The van der Waals surface area contributed by atoms with Crippen LogP contribution in [0, 0.1) is 5.92 Å². The molecule has 2 aromatic rings. The Morgan fingerprint density at radius 3 is 2.50 bits per heavy atom. The van der Waals surface area contributed by atoms with Gasteiger partial charge < -0.3 is 14.8 Å². The Morgan fingerprint density at radius 2 is 1.73 bits per heavy atom.